The molecule has 1 fully saturated rings. The Morgan fingerprint density at radius 1 is 1.53 bits per heavy atom. The zero-order chi connectivity index (χ0) is 11.1. The summed E-state index contributed by atoms with van der Waals surface area (Å²) < 4.78 is 5.61. The van der Waals surface area contributed by atoms with E-state index in [9.17, 15) is 4.79 Å². The number of hydrogen-bond donors (Lipinski definition) is 2. The first-order chi connectivity index (χ1) is 7.18. The van der Waals surface area contributed by atoms with Crippen LogP contribution >= 0.6 is 0 Å². The number of amides is 1. The van der Waals surface area contributed by atoms with Gasteiger partial charge in [-0.1, -0.05) is 12.8 Å². The van der Waals surface area contributed by atoms with Crippen LogP contribution in [0.4, 0.5) is 0 Å². The molecule has 0 radical (unpaired) electrons. The Labute approximate surface area is 91.5 Å². The Balaban J connectivity index is 1.94. The average molecular weight is 214 g/mol. The summed E-state index contributed by atoms with van der Waals surface area (Å²) in [6.07, 6.45) is 5.73. The Morgan fingerprint density at radius 2 is 2.20 bits per heavy atom. The quantitative estimate of drug-likeness (QED) is 0.643. The molecule has 1 atom stereocenters. The summed E-state index contributed by atoms with van der Waals surface area (Å²) in [7, 11) is 0. The van der Waals surface area contributed by atoms with Crippen molar-refractivity contribution in [1.82, 2.24) is 5.32 Å². The monoisotopic (exact) mass is 214 g/mol. The largest absolute Gasteiger partial charge is 0.376 e. The van der Waals surface area contributed by atoms with Crippen LogP contribution in [0, 0.1) is 0 Å². The maximum absolute atomic E-state index is 11.2. The van der Waals surface area contributed by atoms with Gasteiger partial charge in [-0.25, -0.2) is 0 Å². The van der Waals surface area contributed by atoms with Crippen molar-refractivity contribution in [3.8, 4) is 0 Å². The molecule has 1 aliphatic carbocycles. The zero-order valence-electron chi connectivity index (χ0n) is 9.50. The first-order valence-corrected chi connectivity index (χ1v) is 5.82. The molecular weight excluding hydrogens is 192 g/mol. The number of nitrogens with two attached hydrogens (primary N) is 1. The highest BCUT2D eigenvalue weighted by Gasteiger charge is 2.14. The molecule has 1 saturated carbocycles. The predicted octanol–water partition coefficient (Wildman–Crippen LogP) is 0.799. The number of carbonyl (C=O) groups excluding carboxylic acids is 1. The molecule has 0 aromatic heterocycles. The Kier molecular flexibility index (Phi) is 5.65. The van der Waals surface area contributed by atoms with Crippen LogP contribution < -0.4 is 11.1 Å². The van der Waals surface area contributed by atoms with Crippen LogP contribution in [0.3, 0.4) is 0 Å². The lowest BCUT2D eigenvalue weighted by Crippen LogP contribution is -2.32. The van der Waals surface area contributed by atoms with E-state index in [-0.39, 0.29) is 11.9 Å². The summed E-state index contributed by atoms with van der Waals surface area (Å²) in [6, 6.07) is -0.0687. The SMILES string of the molecule is CC(N)CC(=O)NCCOC1CCCC1. The van der Waals surface area contributed by atoms with E-state index in [0.29, 0.717) is 25.7 Å². The van der Waals surface area contributed by atoms with Gasteiger partial charge in [0.2, 0.25) is 5.91 Å². The molecule has 1 aliphatic rings. The van der Waals surface area contributed by atoms with Crippen molar-refractivity contribution < 1.29 is 9.53 Å². The second-order valence-corrected chi connectivity index (χ2v) is 4.31. The van der Waals surface area contributed by atoms with Gasteiger partial charge < -0.3 is 15.8 Å². The first kappa shape index (κ1) is 12.5. The van der Waals surface area contributed by atoms with Gasteiger partial charge in [0.15, 0.2) is 0 Å². The lowest BCUT2D eigenvalue weighted by Gasteiger charge is -2.11. The molecule has 0 heterocycles. The van der Waals surface area contributed by atoms with E-state index in [2.05, 4.69) is 5.32 Å². The second kappa shape index (κ2) is 6.80. The first-order valence-electron chi connectivity index (χ1n) is 5.82. The fourth-order valence-corrected chi connectivity index (χ4v) is 1.84. The second-order valence-electron chi connectivity index (χ2n) is 4.31. The molecule has 4 heteroatoms. The van der Waals surface area contributed by atoms with Crippen LogP contribution in [0.5, 0.6) is 0 Å². The molecule has 0 spiro atoms. The van der Waals surface area contributed by atoms with Crippen LogP contribution in [0.2, 0.25) is 0 Å². The number of ether oxygens (including phenoxy) is 1. The van der Waals surface area contributed by atoms with E-state index in [1.54, 1.807) is 0 Å². The van der Waals surface area contributed by atoms with Gasteiger partial charge >= 0.3 is 0 Å². The molecule has 0 aromatic rings. The highest BCUT2D eigenvalue weighted by Crippen LogP contribution is 2.20. The molecule has 0 saturated heterocycles. The summed E-state index contributed by atoms with van der Waals surface area (Å²) in [5.41, 5.74) is 5.51. The van der Waals surface area contributed by atoms with Crippen LogP contribution in [0.1, 0.15) is 39.0 Å². The highest BCUT2D eigenvalue weighted by atomic mass is 16.5. The van der Waals surface area contributed by atoms with Crippen molar-refractivity contribution in [2.24, 2.45) is 5.73 Å². The van der Waals surface area contributed by atoms with Gasteiger partial charge in [0.1, 0.15) is 0 Å². The third-order valence-electron chi connectivity index (χ3n) is 2.59. The van der Waals surface area contributed by atoms with E-state index in [0.717, 1.165) is 0 Å². The van der Waals surface area contributed by atoms with Gasteiger partial charge in [0, 0.05) is 19.0 Å². The number of nitrogens with one attached hydrogen (secondary N) is 1. The van der Waals surface area contributed by atoms with E-state index in [4.69, 9.17) is 10.5 Å². The smallest absolute Gasteiger partial charge is 0.221 e. The maximum atomic E-state index is 11.2. The molecule has 0 aromatic carbocycles. The molecular formula is C11H22N2O2. The van der Waals surface area contributed by atoms with Crippen molar-refractivity contribution in [2.75, 3.05) is 13.2 Å². The van der Waals surface area contributed by atoms with Crippen LogP contribution in [-0.2, 0) is 9.53 Å². The summed E-state index contributed by atoms with van der Waals surface area (Å²) in [6.45, 7) is 3.05. The normalized spacial score (nSPS) is 19.1. The summed E-state index contributed by atoms with van der Waals surface area (Å²) in [4.78, 5) is 11.2. The maximum Gasteiger partial charge on any atom is 0.221 e. The zero-order valence-corrected chi connectivity index (χ0v) is 9.50. The summed E-state index contributed by atoms with van der Waals surface area (Å²) >= 11 is 0. The van der Waals surface area contributed by atoms with Gasteiger partial charge in [0.05, 0.1) is 12.7 Å². The number of hydrogen-bond acceptors (Lipinski definition) is 3. The molecule has 1 amide bonds. The lowest BCUT2D eigenvalue weighted by atomic mass is 10.2. The van der Waals surface area contributed by atoms with E-state index in [1.165, 1.54) is 25.7 Å². The van der Waals surface area contributed by atoms with Crippen molar-refractivity contribution in [1.29, 1.82) is 0 Å². The van der Waals surface area contributed by atoms with E-state index in [1.807, 2.05) is 6.92 Å². The minimum absolute atomic E-state index is 0.0139. The molecule has 3 N–H and O–H groups in total. The van der Waals surface area contributed by atoms with Crippen molar-refractivity contribution in [3.05, 3.63) is 0 Å². The van der Waals surface area contributed by atoms with Crippen molar-refractivity contribution in [2.45, 2.75) is 51.2 Å². The van der Waals surface area contributed by atoms with Gasteiger partial charge in [-0.15, -0.1) is 0 Å². The van der Waals surface area contributed by atoms with E-state index >= 15 is 0 Å². The third kappa shape index (κ3) is 5.74. The Bertz CT molecular complexity index is 189. The molecule has 4 nitrogen and oxygen atoms in total. The fourth-order valence-electron chi connectivity index (χ4n) is 1.84. The van der Waals surface area contributed by atoms with Crippen LogP contribution in [-0.4, -0.2) is 31.2 Å². The number of carbonyl (C=O) groups is 1. The topological polar surface area (TPSA) is 64.4 Å². The van der Waals surface area contributed by atoms with E-state index < -0.39 is 0 Å². The third-order valence-corrected chi connectivity index (χ3v) is 2.59. The van der Waals surface area contributed by atoms with Gasteiger partial charge in [-0.3, -0.25) is 4.79 Å². The van der Waals surface area contributed by atoms with Gasteiger partial charge in [-0.2, -0.15) is 0 Å². The van der Waals surface area contributed by atoms with Crippen molar-refractivity contribution >= 4 is 5.91 Å². The van der Waals surface area contributed by atoms with Crippen molar-refractivity contribution in [3.63, 3.8) is 0 Å². The standard InChI is InChI=1S/C11H22N2O2/c1-9(12)8-11(14)13-6-7-15-10-4-2-3-5-10/h9-10H,2-8,12H2,1H3,(H,13,14). The summed E-state index contributed by atoms with van der Waals surface area (Å²) in [5.74, 6) is 0.0139. The molecule has 0 aliphatic heterocycles. The average Bonchev–Trinajstić information content (AvgIpc) is 2.63. The molecule has 1 rings (SSSR count). The fraction of sp³-hybridized carbons (Fsp3) is 0.909. The minimum atomic E-state index is -0.0687. The Morgan fingerprint density at radius 3 is 2.80 bits per heavy atom. The molecule has 88 valence electrons. The lowest BCUT2D eigenvalue weighted by molar-refractivity contribution is -0.121. The minimum Gasteiger partial charge on any atom is -0.376 e. The molecule has 1 unspecified atom stereocenters. The molecule has 0 bridgehead atoms. The molecule has 15 heavy (non-hydrogen) atoms. The van der Waals surface area contributed by atoms with Gasteiger partial charge in [-0.05, 0) is 19.8 Å². The van der Waals surface area contributed by atoms with Crippen LogP contribution in [0.25, 0.3) is 0 Å². The number of rotatable bonds is 6. The summed E-state index contributed by atoms with van der Waals surface area (Å²) in [5, 5.41) is 2.79. The highest BCUT2D eigenvalue weighted by molar-refractivity contribution is 5.76. The predicted molar refractivity (Wildman–Crippen MR) is 59.5 cm³/mol. The van der Waals surface area contributed by atoms with Crippen LogP contribution in [0.15, 0.2) is 0 Å². The Hall–Kier alpha value is -0.610. The van der Waals surface area contributed by atoms with Gasteiger partial charge in [0.25, 0.3) is 0 Å².